The van der Waals surface area contributed by atoms with Crippen molar-refractivity contribution in [2.75, 3.05) is 52.5 Å². The lowest BCUT2D eigenvalue weighted by Crippen LogP contribution is -2.38. The van der Waals surface area contributed by atoms with Crippen molar-refractivity contribution in [3.63, 3.8) is 0 Å². The van der Waals surface area contributed by atoms with Gasteiger partial charge in [-0.05, 0) is 50.0 Å². The van der Waals surface area contributed by atoms with Crippen LogP contribution in [-0.4, -0.2) is 79.7 Å². The highest BCUT2D eigenvalue weighted by atomic mass is 16.5. The minimum absolute atomic E-state index is 0.214. The summed E-state index contributed by atoms with van der Waals surface area (Å²) in [6.07, 6.45) is 3.04. The Bertz CT molecular complexity index is 596. The van der Waals surface area contributed by atoms with Gasteiger partial charge in [0.15, 0.2) is 0 Å². The number of aliphatic hydroxyl groups is 1. The minimum atomic E-state index is -0.448. The summed E-state index contributed by atoms with van der Waals surface area (Å²) in [5.41, 5.74) is 1.95. The Hall–Kier alpha value is -1.49. The first kappa shape index (κ1) is 20.2. The summed E-state index contributed by atoms with van der Waals surface area (Å²) in [7, 11) is 0. The molecule has 2 aliphatic heterocycles. The molecule has 2 fully saturated rings. The van der Waals surface area contributed by atoms with E-state index in [-0.39, 0.29) is 6.10 Å². The Labute approximate surface area is 162 Å². The summed E-state index contributed by atoms with van der Waals surface area (Å²) in [4.78, 5) is 4.78. The van der Waals surface area contributed by atoms with Crippen molar-refractivity contribution < 1.29 is 14.6 Å². The van der Waals surface area contributed by atoms with E-state index in [9.17, 15) is 5.11 Å². The predicted molar refractivity (Wildman–Crippen MR) is 103 cm³/mol. The molecule has 6 nitrogen and oxygen atoms in total. The molecule has 1 N–H and O–H groups in total. The Kier molecular flexibility index (Phi) is 8.06. The van der Waals surface area contributed by atoms with Gasteiger partial charge in [0, 0.05) is 32.8 Å². The number of aliphatic hydroxyl groups excluding tert-OH is 1. The van der Waals surface area contributed by atoms with Gasteiger partial charge in [0.25, 0.3) is 0 Å². The van der Waals surface area contributed by atoms with Gasteiger partial charge in [-0.1, -0.05) is 12.1 Å². The first-order valence-electron chi connectivity index (χ1n) is 10.0. The second-order valence-corrected chi connectivity index (χ2v) is 7.57. The molecule has 0 aromatic heterocycles. The van der Waals surface area contributed by atoms with E-state index in [1.165, 1.54) is 5.56 Å². The van der Waals surface area contributed by atoms with Crippen molar-refractivity contribution in [3.05, 3.63) is 35.4 Å². The standard InChI is InChI=1S/C21H31N3O3/c22-13-18-4-6-19(7-5-18)14-23-8-2-9-24(11-10-23)15-20(25)16-26-17-21-3-1-12-27-21/h4-7,20-21,25H,1-3,8-12,14-17H2. The van der Waals surface area contributed by atoms with Crippen LogP contribution >= 0.6 is 0 Å². The fraction of sp³-hybridized carbons (Fsp3) is 0.667. The molecule has 2 heterocycles. The Morgan fingerprint density at radius 1 is 1.15 bits per heavy atom. The zero-order valence-corrected chi connectivity index (χ0v) is 16.1. The molecule has 1 aromatic rings. The highest BCUT2D eigenvalue weighted by molar-refractivity contribution is 5.31. The molecular formula is C21H31N3O3. The van der Waals surface area contributed by atoms with E-state index in [2.05, 4.69) is 15.9 Å². The number of nitrogens with zero attached hydrogens (tertiary/aromatic N) is 3. The first-order valence-corrected chi connectivity index (χ1v) is 10.0. The minimum Gasteiger partial charge on any atom is -0.389 e. The van der Waals surface area contributed by atoms with Crippen LogP contribution in [0.15, 0.2) is 24.3 Å². The van der Waals surface area contributed by atoms with Gasteiger partial charge in [-0.25, -0.2) is 0 Å². The molecule has 3 rings (SSSR count). The summed E-state index contributed by atoms with van der Waals surface area (Å²) in [5, 5.41) is 19.2. The number of hydrogen-bond donors (Lipinski definition) is 1. The largest absolute Gasteiger partial charge is 0.389 e. The highest BCUT2D eigenvalue weighted by Crippen LogP contribution is 2.13. The van der Waals surface area contributed by atoms with E-state index in [1.807, 2.05) is 24.3 Å². The van der Waals surface area contributed by atoms with Crippen LogP contribution in [0.3, 0.4) is 0 Å². The summed E-state index contributed by atoms with van der Waals surface area (Å²) < 4.78 is 11.2. The van der Waals surface area contributed by atoms with Crippen LogP contribution < -0.4 is 0 Å². The average Bonchev–Trinajstić information content (AvgIpc) is 3.10. The summed E-state index contributed by atoms with van der Waals surface area (Å²) in [6, 6.07) is 10.00. The third kappa shape index (κ3) is 6.87. The molecule has 2 atom stereocenters. The number of nitriles is 1. The summed E-state index contributed by atoms with van der Waals surface area (Å²) >= 11 is 0. The predicted octanol–water partition coefficient (Wildman–Crippen LogP) is 1.62. The van der Waals surface area contributed by atoms with Crippen LogP contribution in [0, 0.1) is 11.3 Å². The van der Waals surface area contributed by atoms with Crippen LogP contribution in [0.2, 0.25) is 0 Å². The Morgan fingerprint density at radius 2 is 1.93 bits per heavy atom. The maximum Gasteiger partial charge on any atom is 0.0991 e. The third-order valence-corrected chi connectivity index (χ3v) is 5.28. The molecule has 27 heavy (non-hydrogen) atoms. The summed E-state index contributed by atoms with van der Waals surface area (Å²) in [5.74, 6) is 0. The van der Waals surface area contributed by atoms with E-state index >= 15 is 0 Å². The molecule has 0 radical (unpaired) electrons. The van der Waals surface area contributed by atoms with Crippen molar-refractivity contribution in [2.24, 2.45) is 0 Å². The van der Waals surface area contributed by atoms with Crippen LogP contribution in [0.5, 0.6) is 0 Å². The van der Waals surface area contributed by atoms with Crippen LogP contribution in [0.25, 0.3) is 0 Å². The smallest absolute Gasteiger partial charge is 0.0991 e. The maximum atomic E-state index is 10.3. The van der Waals surface area contributed by atoms with Crippen molar-refractivity contribution >= 4 is 0 Å². The number of hydrogen-bond acceptors (Lipinski definition) is 6. The van der Waals surface area contributed by atoms with Crippen LogP contribution in [0.1, 0.15) is 30.4 Å². The second kappa shape index (κ2) is 10.7. The van der Waals surface area contributed by atoms with E-state index in [4.69, 9.17) is 14.7 Å². The maximum absolute atomic E-state index is 10.3. The molecule has 2 aliphatic rings. The zero-order chi connectivity index (χ0) is 18.9. The Balaban J connectivity index is 1.35. The third-order valence-electron chi connectivity index (χ3n) is 5.28. The number of β-amino-alcohol motifs (C(OH)–C–C–N with tert-alkyl or cyclic N) is 1. The SMILES string of the molecule is N#Cc1ccc(CN2CCCN(CC(O)COCC3CCCO3)CC2)cc1. The molecule has 2 unspecified atom stereocenters. The molecule has 0 amide bonds. The van der Waals surface area contributed by atoms with Gasteiger partial charge in [-0.15, -0.1) is 0 Å². The molecule has 0 bridgehead atoms. The van der Waals surface area contributed by atoms with Gasteiger partial charge >= 0.3 is 0 Å². The molecule has 0 saturated carbocycles. The number of benzene rings is 1. The van der Waals surface area contributed by atoms with E-state index < -0.39 is 6.10 Å². The lowest BCUT2D eigenvalue weighted by Gasteiger charge is -2.24. The number of rotatable bonds is 8. The van der Waals surface area contributed by atoms with E-state index in [0.717, 1.165) is 58.6 Å². The van der Waals surface area contributed by atoms with Gasteiger partial charge < -0.3 is 14.6 Å². The van der Waals surface area contributed by atoms with Gasteiger partial charge in [0.2, 0.25) is 0 Å². The van der Waals surface area contributed by atoms with Crippen molar-refractivity contribution in [1.29, 1.82) is 5.26 Å². The summed E-state index contributed by atoms with van der Waals surface area (Å²) in [6.45, 7) is 7.39. The molecular weight excluding hydrogens is 342 g/mol. The number of ether oxygens (including phenoxy) is 2. The molecule has 1 aromatic carbocycles. The second-order valence-electron chi connectivity index (χ2n) is 7.57. The van der Waals surface area contributed by atoms with E-state index in [0.29, 0.717) is 25.3 Å². The monoisotopic (exact) mass is 373 g/mol. The molecule has 2 saturated heterocycles. The lowest BCUT2D eigenvalue weighted by atomic mass is 10.1. The molecule has 0 spiro atoms. The van der Waals surface area contributed by atoms with Gasteiger partial charge in [0.1, 0.15) is 0 Å². The normalized spacial score (nSPS) is 23.0. The van der Waals surface area contributed by atoms with Crippen molar-refractivity contribution in [3.8, 4) is 6.07 Å². The van der Waals surface area contributed by atoms with Crippen LogP contribution in [0.4, 0.5) is 0 Å². The van der Waals surface area contributed by atoms with Gasteiger partial charge in [-0.3, -0.25) is 9.80 Å². The highest BCUT2D eigenvalue weighted by Gasteiger charge is 2.19. The zero-order valence-electron chi connectivity index (χ0n) is 16.1. The van der Waals surface area contributed by atoms with Crippen LogP contribution in [-0.2, 0) is 16.0 Å². The van der Waals surface area contributed by atoms with E-state index in [1.54, 1.807) is 0 Å². The molecule has 6 heteroatoms. The fourth-order valence-corrected chi connectivity index (χ4v) is 3.77. The van der Waals surface area contributed by atoms with Gasteiger partial charge in [0.05, 0.1) is 37.1 Å². The van der Waals surface area contributed by atoms with Gasteiger partial charge in [-0.2, -0.15) is 5.26 Å². The topological polar surface area (TPSA) is 69.0 Å². The molecule has 0 aliphatic carbocycles. The quantitative estimate of drug-likeness (QED) is 0.747. The fourth-order valence-electron chi connectivity index (χ4n) is 3.77. The van der Waals surface area contributed by atoms with Crippen molar-refractivity contribution in [1.82, 2.24) is 9.80 Å². The molecule has 148 valence electrons. The first-order chi connectivity index (χ1) is 13.2. The lowest BCUT2D eigenvalue weighted by molar-refractivity contribution is -0.0248. The Morgan fingerprint density at radius 3 is 2.67 bits per heavy atom. The van der Waals surface area contributed by atoms with Crippen molar-refractivity contribution in [2.45, 2.75) is 38.0 Å². The average molecular weight is 373 g/mol.